The van der Waals surface area contributed by atoms with E-state index in [2.05, 4.69) is 4.98 Å². The SMILES string of the molecule is O=S(=O)(c1ccc(Oc2cncc(Cl)c2)c2c1[C@H](O)C(F)(F)C2)C(F)F. The predicted octanol–water partition coefficient (Wildman–Crippen LogP) is 3.75. The van der Waals surface area contributed by atoms with Crippen LogP contribution < -0.4 is 4.74 Å². The molecule has 1 aromatic heterocycles. The van der Waals surface area contributed by atoms with Gasteiger partial charge in [-0.2, -0.15) is 8.78 Å². The summed E-state index contributed by atoms with van der Waals surface area (Å²) in [6, 6.07) is 3.01. The molecule has 3 rings (SSSR count). The van der Waals surface area contributed by atoms with Crippen molar-refractivity contribution in [3.8, 4) is 11.5 Å². The standard InChI is InChI=1S/C15H10ClF4NO4S/c16-7-3-8(6-21-5-7)25-10-1-2-11(26(23,24)14(17)18)12-9(10)4-15(19,20)13(12)22/h1-3,5-6,13-14,22H,4H2/t13-/m0/s1. The quantitative estimate of drug-likeness (QED) is 0.775. The number of aromatic nitrogens is 1. The number of halogens is 5. The first-order valence-electron chi connectivity index (χ1n) is 7.06. The van der Waals surface area contributed by atoms with E-state index in [0.29, 0.717) is 6.07 Å². The maximum absolute atomic E-state index is 14.0. The van der Waals surface area contributed by atoms with Crippen molar-refractivity contribution in [1.29, 1.82) is 0 Å². The summed E-state index contributed by atoms with van der Waals surface area (Å²) >= 11 is 5.75. The van der Waals surface area contributed by atoms with Crippen molar-refractivity contribution >= 4 is 21.4 Å². The molecule has 0 bridgehead atoms. The molecule has 11 heteroatoms. The fraction of sp³-hybridized carbons (Fsp3) is 0.267. The van der Waals surface area contributed by atoms with Crippen molar-refractivity contribution in [2.24, 2.45) is 0 Å². The van der Waals surface area contributed by atoms with E-state index in [0.717, 1.165) is 6.07 Å². The van der Waals surface area contributed by atoms with E-state index in [9.17, 15) is 31.1 Å². The molecule has 1 atom stereocenters. The van der Waals surface area contributed by atoms with Crippen LogP contribution in [0.25, 0.3) is 0 Å². The van der Waals surface area contributed by atoms with Crippen molar-refractivity contribution in [3.63, 3.8) is 0 Å². The molecule has 5 nitrogen and oxygen atoms in total. The summed E-state index contributed by atoms with van der Waals surface area (Å²) in [5.41, 5.74) is -1.16. The molecule has 140 valence electrons. The van der Waals surface area contributed by atoms with Crippen LogP contribution in [0.5, 0.6) is 11.5 Å². The number of nitrogens with zero attached hydrogens (tertiary/aromatic N) is 1. The lowest BCUT2D eigenvalue weighted by Crippen LogP contribution is -2.23. The van der Waals surface area contributed by atoms with Crippen LogP contribution in [-0.2, 0) is 16.3 Å². The summed E-state index contributed by atoms with van der Waals surface area (Å²) in [6.45, 7) is 0. The minimum Gasteiger partial charge on any atom is -0.455 e. The van der Waals surface area contributed by atoms with Gasteiger partial charge in [0.25, 0.3) is 5.92 Å². The van der Waals surface area contributed by atoms with Crippen LogP contribution in [0, 0.1) is 0 Å². The number of hydrogen-bond acceptors (Lipinski definition) is 5. The van der Waals surface area contributed by atoms with Crippen LogP contribution in [-0.4, -0.2) is 30.2 Å². The molecule has 0 aliphatic heterocycles. The lowest BCUT2D eigenvalue weighted by Gasteiger charge is -2.16. The molecule has 0 fully saturated rings. The van der Waals surface area contributed by atoms with Crippen LogP contribution in [0.1, 0.15) is 17.2 Å². The minimum absolute atomic E-state index is 0.0638. The summed E-state index contributed by atoms with van der Waals surface area (Å²) < 4.78 is 82.6. The number of aliphatic hydroxyl groups is 1. The van der Waals surface area contributed by atoms with E-state index in [1.165, 1.54) is 18.5 Å². The molecule has 0 unspecified atom stereocenters. The van der Waals surface area contributed by atoms with Crippen LogP contribution in [0.15, 0.2) is 35.5 Å². The van der Waals surface area contributed by atoms with Crippen molar-refractivity contribution in [2.75, 3.05) is 0 Å². The molecule has 1 heterocycles. The van der Waals surface area contributed by atoms with E-state index < -0.39 is 44.5 Å². The molecule has 2 aromatic rings. The molecule has 1 aliphatic rings. The van der Waals surface area contributed by atoms with Crippen LogP contribution >= 0.6 is 11.6 Å². The fourth-order valence-electron chi connectivity index (χ4n) is 2.66. The number of aliphatic hydroxyl groups excluding tert-OH is 1. The van der Waals surface area contributed by atoms with Crippen LogP contribution in [0.3, 0.4) is 0 Å². The second-order valence-corrected chi connectivity index (χ2v) is 7.86. The Morgan fingerprint density at radius 1 is 1.31 bits per heavy atom. The van der Waals surface area contributed by atoms with Gasteiger partial charge in [-0.1, -0.05) is 11.6 Å². The number of benzene rings is 1. The van der Waals surface area contributed by atoms with E-state index in [-0.39, 0.29) is 22.1 Å². The molecule has 1 N–H and O–H groups in total. The highest BCUT2D eigenvalue weighted by atomic mass is 35.5. The topological polar surface area (TPSA) is 76.5 Å². The smallest absolute Gasteiger partial charge is 0.341 e. The second-order valence-electron chi connectivity index (χ2n) is 5.54. The predicted molar refractivity (Wildman–Crippen MR) is 82.6 cm³/mol. The van der Waals surface area contributed by atoms with Gasteiger partial charge in [-0.15, -0.1) is 0 Å². The maximum atomic E-state index is 14.0. The first-order valence-corrected chi connectivity index (χ1v) is 8.98. The Morgan fingerprint density at radius 2 is 2.00 bits per heavy atom. The lowest BCUT2D eigenvalue weighted by atomic mass is 10.1. The number of fused-ring (bicyclic) bond motifs is 1. The fourth-order valence-corrected chi connectivity index (χ4v) is 3.82. The van der Waals surface area contributed by atoms with E-state index in [1.807, 2.05) is 0 Å². The van der Waals surface area contributed by atoms with Gasteiger partial charge in [0.15, 0.2) is 0 Å². The second kappa shape index (κ2) is 6.36. The molecule has 1 aromatic carbocycles. The molecule has 0 saturated heterocycles. The van der Waals surface area contributed by atoms with Gasteiger partial charge in [-0.25, -0.2) is 17.2 Å². The highest BCUT2D eigenvalue weighted by molar-refractivity contribution is 7.91. The molecule has 0 spiro atoms. The van der Waals surface area contributed by atoms with Gasteiger partial charge >= 0.3 is 5.76 Å². The molecular formula is C15H10ClF4NO4S. The van der Waals surface area contributed by atoms with Gasteiger partial charge in [0.05, 0.1) is 16.1 Å². The average molecular weight is 412 g/mol. The summed E-state index contributed by atoms with van der Waals surface area (Å²) in [4.78, 5) is 2.70. The number of hydrogen-bond donors (Lipinski definition) is 1. The van der Waals surface area contributed by atoms with Gasteiger partial charge < -0.3 is 9.84 Å². The average Bonchev–Trinajstić information content (AvgIpc) is 2.78. The molecule has 0 saturated carbocycles. The zero-order valence-electron chi connectivity index (χ0n) is 12.7. The Balaban J connectivity index is 2.16. The normalized spacial score (nSPS) is 18.8. The minimum atomic E-state index is -5.20. The van der Waals surface area contributed by atoms with Crippen molar-refractivity contribution < 1.29 is 35.8 Å². The first-order chi connectivity index (χ1) is 12.0. The zero-order chi connectivity index (χ0) is 19.3. The van der Waals surface area contributed by atoms with Crippen molar-refractivity contribution in [3.05, 3.63) is 46.7 Å². The monoisotopic (exact) mass is 411 g/mol. The number of ether oxygens (including phenoxy) is 1. The Bertz CT molecular complexity index is 968. The summed E-state index contributed by atoms with van der Waals surface area (Å²) in [5.74, 6) is -7.71. The van der Waals surface area contributed by atoms with Gasteiger partial charge in [0.1, 0.15) is 17.6 Å². The maximum Gasteiger partial charge on any atom is 0.341 e. The molecule has 1 aliphatic carbocycles. The van der Waals surface area contributed by atoms with Gasteiger partial charge in [0.2, 0.25) is 9.84 Å². The number of alkyl halides is 4. The van der Waals surface area contributed by atoms with E-state index in [4.69, 9.17) is 16.3 Å². The third-order valence-electron chi connectivity index (χ3n) is 3.81. The summed E-state index contributed by atoms with van der Waals surface area (Å²) in [7, 11) is -5.20. The molecule has 0 amide bonds. The third-order valence-corrected chi connectivity index (χ3v) is 5.45. The lowest BCUT2D eigenvalue weighted by molar-refractivity contribution is -0.0976. The number of rotatable bonds is 4. The number of pyridine rings is 1. The van der Waals surface area contributed by atoms with E-state index >= 15 is 0 Å². The van der Waals surface area contributed by atoms with Gasteiger partial charge in [-0.05, 0) is 12.1 Å². The Hall–Kier alpha value is -1.91. The molecule has 26 heavy (non-hydrogen) atoms. The van der Waals surface area contributed by atoms with Crippen molar-refractivity contribution in [2.45, 2.75) is 29.1 Å². The Morgan fingerprint density at radius 3 is 2.62 bits per heavy atom. The molecular weight excluding hydrogens is 402 g/mol. The van der Waals surface area contributed by atoms with Crippen LogP contribution in [0.4, 0.5) is 17.6 Å². The first kappa shape index (κ1) is 18.9. The highest BCUT2D eigenvalue weighted by Crippen LogP contribution is 2.50. The summed E-state index contributed by atoms with van der Waals surface area (Å²) in [5, 5.41) is 10.0. The van der Waals surface area contributed by atoms with Gasteiger partial charge in [0, 0.05) is 29.8 Å². The number of sulfone groups is 1. The Kier molecular flexibility index (Phi) is 4.62. The van der Waals surface area contributed by atoms with Crippen molar-refractivity contribution in [1.82, 2.24) is 4.98 Å². The summed E-state index contributed by atoms with van der Waals surface area (Å²) in [6.07, 6.45) is -1.10. The third kappa shape index (κ3) is 3.12. The highest BCUT2D eigenvalue weighted by Gasteiger charge is 2.51. The Labute approximate surface area is 150 Å². The largest absolute Gasteiger partial charge is 0.455 e. The van der Waals surface area contributed by atoms with E-state index in [1.54, 1.807) is 0 Å². The molecule has 0 radical (unpaired) electrons. The van der Waals surface area contributed by atoms with Crippen LogP contribution in [0.2, 0.25) is 5.02 Å². The zero-order valence-corrected chi connectivity index (χ0v) is 14.2. The van der Waals surface area contributed by atoms with Gasteiger partial charge in [-0.3, -0.25) is 4.98 Å².